The number of nitrogens with one attached hydrogen (secondary N) is 1. The zero-order valence-corrected chi connectivity index (χ0v) is 26.7. The summed E-state index contributed by atoms with van der Waals surface area (Å²) in [7, 11) is 0. The van der Waals surface area contributed by atoms with E-state index in [9.17, 15) is 50.8 Å². The van der Waals surface area contributed by atoms with Gasteiger partial charge in [-0.3, -0.25) is 4.79 Å². The summed E-state index contributed by atoms with van der Waals surface area (Å²) in [6, 6.07) is -1.21. The van der Waals surface area contributed by atoms with E-state index in [-0.39, 0.29) is 6.61 Å². The van der Waals surface area contributed by atoms with E-state index in [1.54, 1.807) is 0 Å². The number of nitrogens with zero attached hydrogens (tertiary/aromatic N) is 3. The van der Waals surface area contributed by atoms with Crippen LogP contribution in [0, 0.1) is 0 Å². The highest BCUT2D eigenvalue weighted by Gasteiger charge is 2.54. The zero-order valence-electron chi connectivity index (χ0n) is 26.7. The van der Waals surface area contributed by atoms with Gasteiger partial charge < -0.3 is 79.7 Å². The summed E-state index contributed by atoms with van der Waals surface area (Å²) in [4.78, 5) is 14.9. The van der Waals surface area contributed by atoms with Crippen molar-refractivity contribution < 1.29 is 79.2 Å². The Morgan fingerprint density at radius 3 is 1.77 bits per heavy atom. The minimum atomic E-state index is -1.91. The van der Waals surface area contributed by atoms with Gasteiger partial charge in [0.25, 0.3) is 0 Å². The molecule has 0 aromatic rings. The number of carbonyl (C=O) groups is 1. The van der Waals surface area contributed by atoms with Crippen LogP contribution in [-0.2, 0) is 33.2 Å². The Bertz CT molecular complexity index is 1010. The molecule has 15 atom stereocenters. The summed E-state index contributed by atoms with van der Waals surface area (Å²) in [6.45, 7) is -0.437. The average molecular weight is 699 g/mol. The molecule has 0 unspecified atom stereocenters. The fourth-order valence-electron chi connectivity index (χ4n) is 5.81. The van der Waals surface area contributed by atoms with Gasteiger partial charge in [0.05, 0.1) is 19.8 Å². The fourth-order valence-corrected chi connectivity index (χ4v) is 5.81. The second kappa shape index (κ2) is 20.1. The number of hydrogen-bond donors (Lipinski definition) is 10. The van der Waals surface area contributed by atoms with Crippen LogP contribution in [0.3, 0.4) is 0 Å². The van der Waals surface area contributed by atoms with Gasteiger partial charge in [-0.05, 0) is 18.4 Å². The predicted molar refractivity (Wildman–Crippen MR) is 158 cm³/mol. The Morgan fingerprint density at radius 1 is 0.688 bits per heavy atom. The van der Waals surface area contributed by atoms with E-state index in [0.717, 1.165) is 32.1 Å². The van der Waals surface area contributed by atoms with Crippen molar-refractivity contribution in [2.45, 2.75) is 138 Å². The maximum absolute atomic E-state index is 12.2. The third kappa shape index (κ3) is 10.6. The highest BCUT2D eigenvalue weighted by atomic mass is 16.7. The number of azide groups is 1. The quantitative estimate of drug-likeness (QED) is 0.0284. The molecule has 20 heteroatoms. The van der Waals surface area contributed by atoms with Crippen LogP contribution in [0.15, 0.2) is 5.11 Å². The first kappa shape index (κ1) is 40.6. The number of amides is 1. The summed E-state index contributed by atoms with van der Waals surface area (Å²) < 4.78 is 34.1. The number of carbonyl (C=O) groups excluding carboxylic acids is 1. The molecule has 3 aliphatic heterocycles. The molecule has 48 heavy (non-hydrogen) atoms. The first-order valence-electron chi connectivity index (χ1n) is 16.1. The summed E-state index contributed by atoms with van der Waals surface area (Å²) in [5.41, 5.74) is 8.33. The predicted octanol–water partition coefficient (Wildman–Crippen LogP) is -3.75. The maximum atomic E-state index is 12.2. The van der Waals surface area contributed by atoms with E-state index in [0.29, 0.717) is 13.0 Å². The van der Waals surface area contributed by atoms with Gasteiger partial charge in [-0.2, -0.15) is 0 Å². The Kier molecular flexibility index (Phi) is 17.0. The van der Waals surface area contributed by atoms with Crippen molar-refractivity contribution >= 4 is 5.91 Å². The molecule has 0 aromatic carbocycles. The Labute approximate surface area is 276 Å². The number of aliphatic hydroxyl groups excluding tert-OH is 9. The maximum Gasteiger partial charge on any atom is 0.217 e. The van der Waals surface area contributed by atoms with Crippen molar-refractivity contribution in [3.63, 3.8) is 0 Å². The lowest BCUT2D eigenvalue weighted by atomic mass is 9.95. The third-order valence-corrected chi connectivity index (χ3v) is 8.47. The van der Waals surface area contributed by atoms with Crippen LogP contribution in [0.1, 0.15) is 45.4 Å². The van der Waals surface area contributed by atoms with Gasteiger partial charge in [0.15, 0.2) is 18.9 Å². The summed E-state index contributed by atoms with van der Waals surface area (Å²) >= 11 is 0. The third-order valence-electron chi connectivity index (χ3n) is 8.47. The van der Waals surface area contributed by atoms with Crippen LogP contribution in [-0.4, -0.2) is 177 Å². The number of hydrogen-bond acceptors (Lipinski definition) is 17. The van der Waals surface area contributed by atoms with Crippen LogP contribution in [0.5, 0.6) is 0 Å². The molecule has 3 rings (SSSR count). The second-order valence-corrected chi connectivity index (χ2v) is 12.0. The smallest absolute Gasteiger partial charge is 0.217 e. The average Bonchev–Trinajstić information content (AvgIpc) is 3.06. The lowest BCUT2D eigenvalue weighted by molar-refractivity contribution is -0.374. The van der Waals surface area contributed by atoms with E-state index < -0.39 is 118 Å². The van der Waals surface area contributed by atoms with Crippen LogP contribution in [0.2, 0.25) is 0 Å². The molecule has 3 aliphatic rings. The monoisotopic (exact) mass is 698 g/mol. The van der Waals surface area contributed by atoms with E-state index >= 15 is 0 Å². The van der Waals surface area contributed by atoms with Crippen molar-refractivity contribution in [2.75, 3.05) is 33.0 Å². The topological polar surface area (TPSA) is 315 Å². The van der Waals surface area contributed by atoms with Crippen LogP contribution in [0.25, 0.3) is 10.4 Å². The van der Waals surface area contributed by atoms with Crippen molar-refractivity contribution in [3.8, 4) is 0 Å². The van der Waals surface area contributed by atoms with E-state index in [2.05, 4.69) is 15.3 Å². The fraction of sp³-hybridized carbons (Fsp3) is 0.964. The molecule has 3 heterocycles. The van der Waals surface area contributed by atoms with Crippen LogP contribution in [0.4, 0.5) is 0 Å². The zero-order chi connectivity index (χ0) is 35.4. The molecule has 1 amide bonds. The molecule has 3 saturated heterocycles. The van der Waals surface area contributed by atoms with Crippen molar-refractivity contribution in [1.29, 1.82) is 0 Å². The Hall–Kier alpha value is -1.82. The molecule has 20 nitrogen and oxygen atoms in total. The first-order valence-corrected chi connectivity index (χ1v) is 16.1. The Morgan fingerprint density at radius 2 is 1.19 bits per heavy atom. The molecule has 0 radical (unpaired) electrons. The molecule has 0 aliphatic carbocycles. The van der Waals surface area contributed by atoms with Crippen molar-refractivity contribution in [2.24, 2.45) is 5.11 Å². The summed E-state index contributed by atoms with van der Waals surface area (Å²) in [5, 5.41) is 99.3. The molecular weight excluding hydrogens is 648 g/mol. The van der Waals surface area contributed by atoms with Gasteiger partial charge in [0, 0.05) is 25.0 Å². The van der Waals surface area contributed by atoms with E-state index in [4.69, 9.17) is 34.0 Å². The van der Waals surface area contributed by atoms with Gasteiger partial charge in [0.1, 0.15) is 73.2 Å². The molecule has 10 N–H and O–H groups in total. The number of aliphatic hydroxyl groups is 9. The number of ether oxygens (including phenoxy) is 6. The SMILES string of the molecule is CC(=O)N[C@H]1[C@H](OCCCCCCCCN=[N+]=[N-])O[C@H](CO)[C@@H](O)[C@@H]1O[C@H]1O[C@H](CO)[C@@H](O)[C@H](O[C@H]2O[C@H](CO)[C@@H](O)[C@H](O)[C@@H]2O)[C@@H]1O. The molecule has 3 fully saturated rings. The highest BCUT2D eigenvalue weighted by molar-refractivity contribution is 5.73. The van der Waals surface area contributed by atoms with Gasteiger partial charge in [0.2, 0.25) is 5.91 Å². The van der Waals surface area contributed by atoms with Crippen molar-refractivity contribution in [3.05, 3.63) is 10.4 Å². The minimum Gasteiger partial charge on any atom is -0.394 e. The Balaban J connectivity index is 1.72. The lowest BCUT2D eigenvalue weighted by Crippen LogP contribution is -2.69. The molecule has 278 valence electrons. The van der Waals surface area contributed by atoms with Gasteiger partial charge in [-0.15, -0.1) is 0 Å². The van der Waals surface area contributed by atoms with E-state index in [1.807, 2.05) is 0 Å². The minimum absolute atomic E-state index is 0.177. The van der Waals surface area contributed by atoms with Gasteiger partial charge >= 0.3 is 0 Å². The number of unbranched alkanes of at least 4 members (excludes halogenated alkanes) is 5. The first-order chi connectivity index (χ1) is 23.0. The van der Waals surface area contributed by atoms with Crippen LogP contribution >= 0.6 is 0 Å². The molecule has 0 aromatic heterocycles. The standard InChI is InChI=1S/C28H50N4O16/c1-13(36)31-17-24(19(38)15(11-34)44-26(17)43-9-7-5-3-2-4-6-8-30-32-29)47-28-23(42)25(20(39)16(12-35)46-28)48-27-22(41)21(40)18(37)14(10-33)45-27/h14-28,33-35,37-42H,2-12H2,1H3,(H,31,36)/t14-,15-,16-,17-,18-,19-,20-,21+,22+,23+,24-,25+,26-,27-,28-/m1/s1. The lowest BCUT2D eigenvalue weighted by Gasteiger charge is -2.49. The highest BCUT2D eigenvalue weighted by Crippen LogP contribution is 2.33. The molecular formula is C28H50N4O16. The molecule has 0 bridgehead atoms. The largest absolute Gasteiger partial charge is 0.394 e. The molecule has 0 saturated carbocycles. The van der Waals surface area contributed by atoms with Crippen molar-refractivity contribution in [1.82, 2.24) is 5.32 Å². The van der Waals surface area contributed by atoms with Gasteiger partial charge in [-0.1, -0.05) is 30.8 Å². The van der Waals surface area contributed by atoms with Crippen LogP contribution < -0.4 is 5.32 Å². The second-order valence-electron chi connectivity index (χ2n) is 12.0. The number of rotatable bonds is 18. The summed E-state index contributed by atoms with van der Waals surface area (Å²) in [5.74, 6) is -0.557. The van der Waals surface area contributed by atoms with E-state index in [1.165, 1.54) is 6.92 Å². The molecule has 0 spiro atoms. The normalized spacial score (nSPS) is 40.2. The summed E-state index contributed by atoms with van der Waals surface area (Å²) in [6.07, 6.45) is -17.8. The van der Waals surface area contributed by atoms with Gasteiger partial charge in [-0.25, -0.2) is 0 Å².